The number of nitrogens with zero attached hydrogens (tertiary/aromatic N) is 1. The van der Waals surface area contributed by atoms with Crippen molar-refractivity contribution in [2.75, 3.05) is 14.2 Å². The highest BCUT2D eigenvalue weighted by Gasteiger charge is 2.26. The molecule has 26 heavy (non-hydrogen) atoms. The first-order valence-corrected chi connectivity index (χ1v) is 8.42. The molecule has 0 N–H and O–H groups in total. The Morgan fingerprint density at radius 2 is 1.77 bits per heavy atom. The van der Waals surface area contributed by atoms with Gasteiger partial charge in [-0.05, 0) is 25.1 Å². The van der Waals surface area contributed by atoms with E-state index in [0.717, 1.165) is 0 Å². The first kappa shape index (κ1) is 18.3. The maximum absolute atomic E-state index is 13.3. The molecule has 0 bridgehead atoms. The molecule has 0 unspecified atom stereocenters. The minimum atomic E-state index is -0.513. The lowest BCUT2D eigenvalue weighted by Crippen LogP contribution is -2.16. The molecule has 7 heteroatoms. The molecule has 0 saturated carbocycles. The molecule has 0 aliphatic rings. The van der Waals surface area contributed by atoms with Gasteiger partial charge in [-0.1, -0.05) is 41.4 Å². The minimum absolute atomic E-state index is 0.199. The molecule has 0 amide bonds. The van der Waals surface area contributed by atoms with Gasteiger partial charge in [0.2, 0.25) is 0 Å². The van der Waals surface area contributed by atoms with Crippen molar-refractivity contribution in [1.29, 1.82) is 0 Å². The van der Waals surface area contributed by atoms with Gasteiger partial charge in [-0.25, -0.2) is 4.79 Å². The summed E-state index contributed by atoms with van der Waals surface area (Å²) in [4.78, 5) is 25.5. The standard InChI is InChI=1S/C19H15Cl2NO4/c1-10-16(19(24)26-3)12-6-4-5-7-15(12)22(10)18(23)13-8-11(20)9-14(21)17(13)25-2/h4-9H,1-3H3. The van der Waals surface area contributed by atoms with Crippen molar-refractivity contribution in [1.82, 2.24) is 4.57 Å². The number of halogens is 2. The molecule has 3 rings (SSSR count). The van der Waals surface area contributed by atoms with Crippen LogP contribution in [0.15, 0.2) is 36.4 Å². The molecule has 1 heterocycles. The zero-order chi connectivity index (χ0) is 19.0. The predicted molar refractivity (Wildman–Crippen MR) is 101 cm³/mol. The number of carbonyl (C=O) groups is 2. The Kier molecular flexibility index (Phi) is 4.94. The molecule has 0 saturated heterocycles. The predicted octanol–water partition coefficient (Wildman–Crippen LogP) is 4.74. The van der Waals surface area contributed by atoms with Crippen LogP contribution in [-0.4, -0.2) is 30.7 Å². The Balaban J connectivity index is 2.32. The molecule has 3 aromatic rings. The molecular weight excluding hydrogens is 377 g/mol. The largest absolute Gasteiger partial charge is 0.494 e. The van der Waals surface area contributed by atoms with Crippen LogP contribution in [0, 0.1) is 6.92 Å². The number of aromatic nitrogens is 1. The van der Waals surface area contributed by atoms with Crippen molar-refractivity contribution < 1.29 is 19.1 Å². The molecule has 0 aliphatic heterocycles. The van der Waals surface area contributed by atoms with Gasteiger partial charge in [0.1, 0.15) is 5.75 Å². The summed E-state index contributed by atoms with van der Waals surface area (Å²) in [5.74, 6) is -0.700. The van der Waals surface area contributed by atoms with Gasteiger partial charge in [-0.3, -0.25) is 9.36 Å². The van der Waals surface area contributed by atoms with Gasteiger partial charge in [0, 0.05) is 16.1 Å². The number of benzene rings is 2. The fourth-order valence-electron chi connectivity index (χ4n) is 3.04. The van der Waals surface area contributed by atoms with Crippen LogP contribution in [0.3, 0.4) is 0 Å². The van der Waals surface area contributed by atoms with Crippen molar-refractivity contribution in [2.24, 2.45) is 0 Å². The Bertz CT molecular complexity index is 1040. The number of rotatable bonds is 3. The van der Waals surface area contributed by atoms with Gasteiger partial charge < -0.3 is 9.47 Å². The second-order valence-electron chi connectivity index (χ2n) is 5.58. The fourth-order valence-corrected chi connectivity index (χ4v) is 3.61. The van der Waals surface area contributed by atoms with E-state index in [1.807, 2.05) is 0 Å². The van der Waals surface area contributed by atoms with Crippen LogP contribution >= 0.6 is 23.2 Å². The number of esters is 1. The highest BCUT2D eigenvalue weighted by Crippen LogP contribution is 2.35. The van der Waals surface area contributed by atoms with Crippen LogP contribution in [0.5, 0.6) is 5.75 Å². The van der Waals surface area contributed by atoms with Gasteiger partial charge in [-0.2, -0.15) is 0 Å². The zero-order valence-electron chi connectivity index (χ0n) is 14.3. The third-order valence-electron chi connectivity index (χ3n) is 4.15. The average Bonchev–Trinajstić information content (AvgIpc) is 2.91. The Morgan fingerprint density at radius 3 is 2.42 bits per heavy atom. The van der Waals surface area contributed by atoms with E-state index in [4.69, 9.17) is 32.7 Å². The molecule has 0 fully saturated rings. The summed E-state index contributed by atoms with van der Waals surface area (Å²) in [5, 5.41) is 1.16. The van der Waals surface area contributed by atoms with E-state index >= 15 is 0 Å². The lowest BCUT2D eigenvalue weighted by molar-refractivity contribution is 0.0602. The molecule has 0 spiro atoms. The van der Waals surface area contributed by atoms with Crippen molar-refractivity contribution in [3.63, 3.8) is 0 Å². The number of ether oxygens (including phenoxy) is 2. The van der Waals surface area contributed by atoms with Gasteiger partial charge >= 0.3 is 5.97 Å². The summed E-state index contributed by atoms with van der Waals surface area (Å²) < 4.78 is 11.6. The van der Waals surface area contributed by atoms with Gasteiger partial charge in [0.05, 0.1) is 35.9 Å². The summed E-state index contributed by atoms with van der Waals surface area (Å²) in [7, 11) is 2.72. The Morgan fingerprint density at radius 1 is 1.08 bits per heavy atom. The topological polar surface area (TPSA) is 57.5 Å². The van der Waals surface area contributed by atoms with Crippen LogP contribution in [0.1, 0.15) is 26.4 Å². The lowest BCUT2D eigenvalue weighted by atomic mass is 10.1. The van der Waals surface area contributed by atoms with Crippen LogP contribution in [0.2, 0.25) is 10.0 Å². The van der Waals surface area contributed by atoms with Gasteiger partial charge in [-0.15, -0.1) is 0 Å². The van der Waals surface area contributed by atoms with E-state index in [0.29, 0.717) is 27.2 Å². The van der Waals surface area contributed by atoms with E-state index < -0.39 is 11.9 Å². The second kappa shape index (κ2) is 7.02. The van der Waals surface area contributed by atoms with Crippen LogP contribution in [0.4, 0.5) is 0 Å². The van der Waals surface area contributed by atoms with Crippen LogP contribution < -0.4 is 4.74 Å². The molecule has 2 aromatic carbocycles. The average molecular weight is 392 g/mol. The number of hydrogen-bond acceptors (Lipinski definition) is 4. The van der Waals surface area contributed by atoms with E-state index in [-0.39, 0.29) is 16.3 Å². The van der Waals surface area contributed by atoms with E-state index in [2.05, 4.69) is 0 Å². The van der Waals surface area contributed by atoms with Gasteiger partial charge in [0.25, 0.3) is 5.91 Å². The summed E-state index contributed by atoms with van der Waals surface area (Å²) in [6.07, 6.45) is 0. The number of methoxy groups -OCH3 is 2. The Hall–Kier alpha value is -2.50. The molecular formula is C19H15Cl2NO4. The molecule has 0 radical (unpaired) electrons. The first-order valence-electron chi connectivity index (χ1n) is 7.66. The van der Waals surface area contributed by atoms with E-state index in [9.17, 15) is 9.59 Å². The summed E-state index contributed by atoms with van der Waals surface area (Å²) in [6, 6.07) is 10.1. The van der Waals surface area contributed by atoms with Crippen molar-refractivity contribution in [2.45, 2.75) is 6.92 Å². The molecule has 1 aromatic heterocycles. The third kappa shape index (κ3) is 2.83. The number of hydrogen-bond donors (Lipinski definition) is 0. The highest BCUT2D eigenvalue weighted by molar-refractivity contribution is 6.36. The number of carbonyl (C=O) groups excluding carboxylic acids is 2. The maximum Gasteiger partial charge on any atom is 0.340 e. The SMILES string of the molecule is COC(=O)c1c(C)n(C(=O)c2cc(Cl)cc(Cl)c2OC)c2ccccc12. The minimum Gasteiger partial charge on any atom is -0.494 e. The lowest BCUT2D eigenvalue weighted by Gasteiger charge is -2.13. The third-order valence-corrected chi connectivity index (χ3v) is 4.65. The van der Waals surface area contributed by atoms with E-state index in [1.54, 1.807) is 31.2 Å². The normalized spacial score (nSPS) is 10.8. The zero-order valence-corrected chi connectivity index (χ0v) is 15.8. The van der Waals surface area contributed by atoms with E-state index in [1.165, 1.54) is 30.9 Å². The van der Waals surface area contributed by atoms with Crippen LogP contribution in [0.25, 0.3) is 10.9 Å². The monoisotopic (exact) mass is 391 g/mol. The number of fused-ring (bicyclic) bond motifs is 1. The summed E-state index contributed by atoms with van der Waals surface area (Å²) in [6.45, 7) is 1.68. The van der Waals surface area contributed by atoms with Crippen molar-refractivity contribution >= 4 is 46.0 Å². The van der Waals surface area contributed by atoms with Crippen molar-refractivity contribution in [3.8, 4) is 5.75 Å². The van der Waals surface area contributed by atoms with Gasteiger partial charge in [0.15, 0.2) is 0 Å². The molecule has 0 atom stereocenters. The fraction of sp³-hybridized carbons (Fsp3) is 0.158. The maximum atomic E-state index is 13.3. The van der Waals surface area contributed by atoms with Crippen LogP contribution in [-0.2, 0) is 4.74 Å². The second-order valence-corrected chi connectivity index (χ2v) is 6.42. The summed E-state index contributed by atoms with van der Waals surface area (Å²) >= 11 is 12.2. The molecule has 5 nitrogen and oxygen atoms in total. The quantitative estimate of drug-likeness (QED) is 0.605. The molecule has 134 valence electrons. The summed E-state index contributed by atoms with van der Waals surface area (Å²) in [5.41, 5.74) is 1.57. The number of para-hydroxylation sites is 1. The van der Waals surface area contributed by atoms with Crippen molar-refractivity contribution in [3.05, 3.63) is 63.3 Å². The molecule has 0 aliphatic carbocycles. The first-order chi connectivity index (χ1) is 12.4. The Labute approximate surface area is 160 Å². The highest BCUT2D eigenvalue weighted by atomic mass is 35.5. The smallest absolute Gasteiger partial charge is 0.340 e.